The van der Waals surface area contributed by atoms with E-state index in [0.717, 1.165) is 43.9 Å². The molecule has 100 valence electrons. The van der Waals surface area contributed by atoms with Gasteiger partial charge in [0.1, 0.15) is 12.1 Å². The Balaban J connectivity index is 2.21. The van der Waals surface area contributed by atoms with Crippen molar-refractivity contribution in [2.75, 3.05) is 18.0 Å². The molecule has 0 radical (unpaired) electrons. The average molecular weight is 248 g/mol. The lowest BCUT2D eigenvalue weighted by molar-refractivity contribution is 0.484. The summed E-state index contributed by atoms with van der Waals surface area (Å²) in [6.07, 6.45) is 5.03. The van der Waals surface area contributed by atoms with E-state index in [2.05, 4.69) is 41.7 Å². The summed E-state index contributed by atoms with van der Waals surface area (Å²) in [6.45, 7) is 8.60. The summed E-state index contributed by atoms with van der Waals surface area (Å²) in [5.41, 5.74) is 7.25. The number of hydrogen-bond donors (Lipinski definition) is 1. The average Bonchev–Trinajstić information content (AvgIpc) is 2.39. The fourth-order valence-electron chi connectivity index (χ4n) is 2.29. The summed E-state index contributed by atoms with van der Waals surface area (Å²) in [6, 6.07) is 2.40. The quantitative estimate of drug-likeness (QED) is 0.890. The van der Waals surface area contributed by atoms with E-state index in [9.17, 15) is 0 Å². The smallest absolute Gasteiger partial charge is 0.132 e. The molecule has 0 saturated carbocycles. The van der Waals surface area contributed by atoms with Gasteiger partial charge in [-0.3, -0.25) is 0 Å². The van der Waals surface area contributed by atoms with Gasteiger partial charge in [-0.1, -0.05) is 20.8 Å². The lowest BCUT2D eigenvalue weighted by Crippen LogP contribution is -2.43. The number of nitrogens with zero attached hydrogens (tertiary/aromatic N) is 3. The summed E-state index contributed by atoms with van der Waals surface area (Å²) in [7, 11) is 0. The van der Waals surface area contributed by atoms with Crippen molar-refractivity contribution in [3.8, 4) is 0 Å². The van der Waals surface area contributed by atoms with Gasteiger partial charge < -0.3 is 10.6 Å². The van der Waals surface area contributed by atoms with E-state index in [1.807, 2.05) is 0 Å². The molecule has 1 fully saturated rings. The molecule has 4 nitrogen and oxygen atoms in total. The Morgan fingerprint density at radius 3 is 2.89 bits per heavy atom. The monoisotopic (exact) mass is 248 g/mol. The molecule has 0 spiro atoms. The number of piperidine rings is 1. The molecule has 0 amide bonds. The largest absolute Gasteiger partial charge is 0.355 e. The topological polar surface area (TPSA) is 55.0 Å². The molecule has 2 heterocycles. The highest BCUT2D eigenvalue weighted by molar-refractivity contribution is 5.41. The van der Waals surface area contributed by atoms with Gasteiger partial charge in [0.05, 0.1) is 5.69 Å². The fraction of sp³-hybridized carbons (Fsp3) is 0.714. The molecule has 1 aromatic heterocycles. The van der Waals surface area contributed by atoms with Gasteiger partial charge in [0.15, 0.2) is 0 Å². The minimum atomic E-state index is 0.107. The zero-order valence-corrected chi connectivity index (χ0v) is 11.7. The van der Waals surface area contributed by atoms with Crippen molar-refractivity contribution < 1.29 is 0 Å². The van der Waals surface area contributed by atoms with Crippen LogP contribution in [0.1, 0.15) is 45.7 Å². The van der Waals surface area contributed by atoms with Gasteiger partial charge in [-0.05, 0) is 19.3 Å². The van der Waals surface area contributed by atoms with Crippen LogP contribution >= 0.6 is 0 Å². The van der Waals surface area contributed by atoms with Crippen LogP contribution in [0.3, 0.4) is 0 Å². The number of hydrogen-bond acceptors (Lipinski definition) is 4. The first-order valence-corrected chi connectivity index (χ1v) is 6.86. The van der Waals surface area contributed by atoms with E-state index >= 15 is 0 Å². The maximum atomic E-state index is 6.03. The molecule has 18 heavy (non-hydrogen) atoms. The van der Waals surface area contributed by atoms with Gasteiger partial charge in [-0.2, -0.15) is 0 Å². The van der Waals surface area contributed by atoms with E-state index in [4.69, 9.17) is 5.73 Å². The molecule has 0 bridgehead atoms. The van der Waals surface area contributed by atoms with Gasteiger partial charge in [0.25, 0.3) is 0 Å². The Morgan fingerprint density at radius 1 is 1.44 bits per heavy atom. The highest BCUT2D eigenvalue weighted by atomic mass is 15.2. The molecule has 2 rings (SSSR count). The summed E-state index contributed by atoms with van der Waals surface area (Å²) < 4.78 is 0. The molecule has 2 N–H and O–H groups in total. The van der Waals surface area contributed by atoms with Crippen LogP contribution in [-0.2, 0) is 5.41 Å². The van der Waals surface area contributed by atoms with Crippen molar-refractivity contribution in [1.29, 1.82) is 0 Å². The molecule has 1 unspecified atom stereocenters. The van der Waals surface area contributed by atoms with Gasteiger partial charge in [-0.25, -0.2) is 9.97 Å². The molecular weight excluding hydrogens is 224 g/mol. The first-order chi connectivity index (χ1) is 8.53. The molecule has 1 atom stereocenters. The van der Waals surface area contributed by atoms with Gasteiger partial charge in [-0.15, -0.1) is 0 Å². The van der Waals surface area contributed by atoms with Crippen LogP contribution in [0.4, 0.5) is 5.82 Å². The molecule has 4 heteroatoms. The molecule has 0 aromatic carbocycles. The van der Waals surface area contributed by atoms with E-state index in [1.54, 1.807) is 6.33 Å². The number of rotatable bonds is 3. The Hall–Kier alpha value is -1.16. The minimum Gasteiger partial charge on any atom is -0.355 e. The predicted octanol–water partition coefficient (Wildman–Crippen LogP) is 2.09. The zero-order chi connectivity index (χ0) is 13.2. The third kappa shape index (κ3) is 2.80. The van der Waals surface area contributed by atoms with Gasteiger partial charge >= 0.3 is 0 Å². The third-order valence-corrected chi connectivity index (χ3v) is 4.01. The van der Waals surface area contributed by atoms with Crippen molar-refractivity contribution >= 4 is 5.82 Å². The third-order valence-electron chi connectivity index (χ3n) is 4.01. The molecular formula is C14H24N4. The van der Waals surface area contributed by atoms with Gasteiger partial charge in [0.2, 0.25) is 0 Å². The van der Waals surface area contributed by atoms with E-state index in [-0.39, 0.29) is 11.5 Å². The highest BCUT2D eigenvalue weighted by Gasteiger charge is 2.23. The Kier molecular flexibility index (Phi) is 3.85. The fourth-order valence-corrected chi connectivity index (χ4v) is 2.29. The van der Waals surface area contributed by atoms with Crippen molar-refractivity contribution in [2.24, 2.45) is 5.73 Å². The summed E-state index contributed by atoms with van der Waals surface area (Å²) in [5, 5.41) is 0. The Bertz CT molecular complexity index is 403. The molecule has 1 saturated heterocycles. The minimum absolute atomic E-state index is 0.107. The summed E-state index contributed by atoms with van der Waals surface area (Å²) >= 11 is 0. The number of aromatic nitrogens is 2. The second-order valence-corrected chi connectivity index (χ2v) is 5.85. The normalized spacial score (nSPS) is 21.1. The highest BCUT2D eigenvalue weighted by Crippen LogP contribution is 2.27. The van der Waals surface area contributed by atoms with E-state index in [0.29, 0.717) is 0 Å². The van der Waals surface area contributed by atoms with Crippen molar-refractivity contribution in [1.82, 2.24) is 9.97 Å². The van der Waals surface area contributed by atoms with Crippen LogP contribution in [0.2, 0.25) is 0 Å². The second kappa shape index (κ2) is 5.22. The zero-order valence-electron chi connectivity index (χ0n) is 11.7. The predicted molar refractivity (Wildman–Crippen MR) is 74.8 cm³/mol. The molecule has 0 aliphatic carbocycles. The lowest BCUT2D eigenvalue weighted by atomic mass is 9.86. The van der Waals surface area contributed by atoms with Crippen LogP contribution in [0, 0.1) is 0 Å². The first-order valence-electron chi connectivity index (χ1n) is 6.86. The van der Waals surface area contributed by atoms with Crippen molar-refractivity contribution in [3.63, 3.8) is 0 Å². The van der Waals surface area contributed by atoms with Gasteiger partial charge in [0, 0.05) is 30.6 Å². The van der Waals surface area contributed by atoms with E-state index < -0.39 is 0 Å². The Morgan fingerprint density at radius 2 is 2.22 bits per heavy atom. The standard InChI is InChI=1S/C14H24N4/c1-4-14(2,3)12-8-13(17-10-16-12)18-7-5-6-11(15)9-18/h8,10-11H,4-7,9,15H2,1-3H3. The maximum Gasteiger partial charge on any atom is 0.132 e. The lowest BCUT2D eigenvalue weighted by Gasteiger charge is -2.32. The molecule has 1 aromatic rings. The van der Waals surface area contributed by atoms with Crippen molar-refractivity contribution in [3.05, 3.63) is 18.1 Å². The second-order valence-electron chi connectivity index (χ2n) is 5.85. The van der Waals surface area contributed by atoms with Crippen LogP contribution in [0.5, 0.6) is 0 Å². The first kappa shape index (κ1) is 13.3. The van der Waals surface area contributed by atoms with E-state index in [1.165, 1.54) is 0 Å². The van der Waals surface area contributed by atoms with Crippen LogP contribution in [0.25, 0.3) is 0 Å². The summed E-state index contributed by atoms with van der Waals surface area (Å²) in [5.74, 6) is 1.02. The van der Waals surface area contributed by atoms with Crippen LogP contribution in [0.15, 0.2) is 12.4 Å². The van der Waals surface area contributed by atoms with Crippen molar-refractivity contribution in [2.45, 2.75) is 51.5 Å². The SMILES string of the molecule is CCC(C)(C)c1cc(N2CCCC(N)C2)ncn1. The molecule has 1 aliphatic rings. The Labute approximate surface area is 110 Å². The number of nitrogens with two attached hydrogens (primary N) is 1. The molecule has 1 aliphatic heterocycles. The van der Waals surface area contributed by atoms with Crippen LogP contribution in [-0.4, -0.2) is 29.1 Å². The summed E-state index contributed by atoms with van der Waals surface area (Å²) in [4.78, 5) is 11.1. The maximum absolute atomic E-state index is 6.03. The van der Waals surface area contributed by atoms with Crippen LogP contribution < -0.4 is 10.6 Å². The number of anilines is 1.